The fourth-order valence-corrected chi connectivity index (χ4v) is 3.35. The molecule has 1 atom stereocenters. The van der Waals surface area contributed by atoms with Crippen LogP contribution in [0.1, 0.15) is 50.6 Å². The van der Waals surface area contributed by atoms with Crippen molar-refractivity contribution in [3.63, 3.8) is 0 Å². The highest BCUT2D eigenvalue weighted by molar-refractivity contribution is 5.12. The van der Waals surface area contributed by atoms with Gasteiger partial charge in [-0.05, 0) is 45.1 Å². The summed E-state index contributed by atoms with van der Waals surface area (Å²) in [6.45, 7) is 2.96. The van der Waals surface area contributed by atoms with Crippen molar-refractivity contribution in [3.8, 4) is 0 Å². The van der Waals surface area contributed by atoms with E-state index in [4.69, 9.17) is 0 Å². The molecule has 1 heterocycles. The van der Waals surface area contributed by atoms with Gasteiger partial charge in [0.15, 0.2) is 0 Å². The van der Waals surface area contributed by atoms with Crippen LogP contribution in [0, 0.1) is 11.8 Å². The number of rotatable bonds is 5. The third kappa shape index (κ3) is 3.99. The molecule has 120 valence electrons. The van der Waals surface area contributed by atoms with Crippen LogP contribution in [0.5, 0.6) is 0 Å². The second-order valence-electron chi connectivity index (χ2n) is 5.96. The van der Waals surface area contributed by atoms with E-state index in [2.05, 4.69) is 17.3 Å². The van der Waals surface area contributed by atoms with Crippen molar-refractivity contribution in [2.24, 2.45) is 11.8 Å². The molecule has 0 saturated heterocycles. The maximum Gasteiger partial charge on any atom is 0.391 e. The third-order valence-corrected chi connectivity index (χ3v) is 4.48. The van der Waals surface area contributed by atoms with Crippen molar-refractivity contribution in [3.05, 3.63) is 18.0 Å². The number of aryl methyl sites for hydroxylation is 1. The molecule has 0 spiro atoms. The van der Waals surface area contributed by atoms with E-state index in [9.17, 15) is 13.2 Å². The van der Waals surface area contributed by atoms with Crippen LogP contribution in [-0.4, -0.2) is 23.0 Å². The van der Waals surface area contributed by atoms with Crippen molar-refractivity contribution < 1.29 is 13.2 Å². The predicted octanol–water partition coefficient (Wildman–Crippen LogP) is 3.92. The number of halogens is 3. The molecule has 0 radical (unpaired) electrons. The molecule has 1 N–H and O–H groups in total. The summed E-state index contributed by atoms with van der Waals surface area (Å²) in [4.78, 5) is 0. The smallest absolute Gasteiger partial charge is 0.313 e. The molecule has 1 fully saturated rings. The topological polar surface area (TPSA) is 29.9 Å². The van der Waals surface area contributed by atoms with Crippen LogP contribution >= 0.6 is 0 Å². The van der Waals surface area contributed by atoms with Crippen LogP contribution in [0.15, 0.2) is 12.4 Å². The Bertz CT molecular complexity index is 434. The van der Waals surface area contributed by atoms with Crippen LogP contribution in [0.25, 0.3) is 0 Å². The molecule has 21 heavy (non-hydrogen) atoms. The minimum atomic E-state index is -4.04. The fourth-order valence-electron chi connectivity index (χ4n) is 3.35. The number of nitrogens with one attached hydrogen (secondary N) is 1. The van der Waals surface area contributed by atoms with Crippen LogP contribution in [0.2, 0.25) is 0 Å². The quantitative estimate of drug-likeness (QED) is 0.893. The Kier molecular flexibility index (Phi) is 5.30. The lowest BCUT2D eigenvalue weighted by atomic mass is 9.77. The van der Waals surface area contributed by atoms with Gasteiger partial charge in [0, 0.05) is 24.3 Å². The molecule has 2 rings (SSSR count). The Labute approximate surface area is 123 Å². The predicted molar refractivity (Wildman–Crippen MR) is 75.8 cm³/mol. The summed E-state index contributed by atoms with van der Waals surface area (Å²) >= 11 is 0. The van der Waals surface area contributed by atoms with Gasteiger partial charge in [0.25, 0.3) is 0 Å². The average Bonchev–Trinajstić information content (AvgIpc) is 2.88. The minimum absolute atomic E-state index is 0.102. The van der Waals surface area contributed by atoms with Crippen LogP contribution < -0.4 is 5.32 Å². The summed E-state index contributed by atoms with van der Waals surface area (Å²) < 4.78 is 40.1. The van der Waals surface area contributed by atoms with Gasteiger partial charge < -0.3 is 5.32 Å². The number of aromatic nitrogens is 2. The first-order chi connectivity index (χ1) is 9.95. The molecular weight excluding hydrogens is 279 g/mol. The number of hydrogen-bond donors (Lipinski definition) is 1. The van der Waals surface area contributed by atoms with Gasteiger partial charge >= 0.3 is 6.18 Å². The molecule has 0 bridgehead atoms. The number of alkyl halides is 3. The number of hydrogen-bond acceptors (Lipinski definition) is 2. The second-order valence-corrected chi connectivity index (χ2v) is 5.96. The van der Waals surface area contributed by atoms with Crippen molar-refractivity contribution >= 4 is 0 Å². The Balaban J connectivity index is 1.99. The largest absolute Gasteiger partial charge is 0.391 e. The van der Waals surface area contributed by atoms with Gasteiger partial charge in [0.05, 0.1) is 12.1 Å². The highest BCUT2D eigenvalue weighted by atomic mass is 19.4. The highest BCUT2D eigenvalue weighted by Gasteiger charge is 2.42. The summed E-state index contributed by atoms with van der Waals surface area (Å²) in [5, 5.41) is 7.58. The monoisotopic (exact) mass is 303 g/mol. The first kappa shape index (κ1) is 16.3. The van der Waals surface area contributed by atoms with Crippen molar-refractivity contribution in [1.82, 2.24) is 15.1 Å². The zero-order valence-corrected chi connectivity index (χ0v) is 12.7. The molecule has 1 saturated carbocycles. The standard InChI is InChI=1S/C15H24F3N3/c1-3-8-21-10-12(9-20-21)14(19-2)11-4-6-13(7-5-11)15(16,17)18/h9-11,13-14,19H,3-8H2,1-2H3. The van der Waals surface area contributed by atoms with Crippen LogP contribution in [0.4, 0.5) is 13.2 Å². The lowest BCUT2D eigenvalue weighted by Crippen LogP contribution is -2.33. The Hall–Kier alpha value is -1.04. The van der Waals surface area contributed by atoms with Crippen LogP contribution in [0.3, 0.4) is 0 Å². The van der Waals surface area contributed by atoms with Gasteiger partial charge in [0.2, 0.25) is 0 Å². The normalized spacial score (nSPS) is 25.0. The molecule has 1 unspecified atom stereocenters. The van der Waals surface area contributed by atoms with Gasteiger partial charge in [0.1, 0.15) is 0 Å². The molecule has 0 amide bonds. The third-order valence-electron chi connectivity index (χ3n) is 4.48. The minimum Gasteiger partial charge on any atom is -0.313 e. The maximum atomic E-state index is 12.7. The van der Waals surface area contributed by atoms with Crippen molar-refractivity contribution in [2.45, 2.75) is 57.8 Å². The van der Waals surface area contributed by atoms with Gasteiger partial charge in [-0.1, -0.05) is 6.92 Å². The van der Waals surface area contributed by atoms with Crippen molar-refractivity contribution in [2.75, 3.05) is 7.05 Å². The zero-order chi connectivity index (χ0) is 15.5. The van der Waals surface area contributed by atoms with E-state index in [1.165, 1.54) is 0 Å². The van der Waals surface area contributed by atoms with E-state index in [1.54, 1.807) is 0 Å². The summed E-state index contributed by atoms with van der Waals surface area (Å²) in [7, 11) is 1.87. The molecule has 1 aromatic heterocycles. The molecule has 3 nitrogen and oxygen atoms in total. The van der Waals surface area contributed by atoms with Gasteiger partial charge in [-0.15, -0.1) is 0 Å². The fraction of sp³-hybridized carbons (Fsp3) is 0.800. The first-order valence-electron chi connectivity index (χ1n) is 7.72. The molecule has 0 aliphatic heterocycles. The van der Waals surface area contributed by atoms with E-state index in [1.807, 2.05) is 24.1 Å². The Morgan fingerprint density at radius 3 is 2.52 bits per heavy atom. The molecule has 1 aliphatic rings. The maximum absolute atomic E-state index is 12.7. The zero-order valence-electron chi connectivity index (χ0n) is 12.7. The van der Waals surface area contributed by atoms with E-state index in [-0.39, 0.29) is 24.8 Å². The lowest BCUT2D eigenvalue weighted by Gasteiger charge is -2.34. The average molecular weight is 303 g/mol. The van der Waals surface area contributed by atoms with E-state index >= 15 is 0 Å². The number of nitrogens with zero attached hydrogens (tertiary/aromatic N) is 2. The summed E-state index contributed by atoms with van der Waals surface area (Å²) in [6.07, 6.45) is 2.56. The molecular formula is C15H24F3N3. The molecule has 1 aliphatic carbocycles. The molecule has 0 aromatic carbocycles. The first-order valence-corrected chi connectivity index (χ1v) is 7.72. The van der Waals surface area contributed by atoms with E-state index < -0.39 is 12.1 Å². The van der Waals surface area contributed by atoms with E-state index in [0.29, 0.717) is 12.8 Å². The van der Waals surface area contributed by atoms with E-state index in [0.717, 1.165) is 18.5 Å². The van der Waals surface area contributed by atoms with Gasteiger partial charge in [-0.25, -0.2) is 0 Å². The lowest BCUT2D eigenvalue weighted by molar-refractivity contribution is -0.184. The van der Waals surface area contributed by atoms with Crippen molar-refractivity contribution in [1.29, 1.82) is 0 Å². The Morgan fingerprint density at radius 1 is 1.33 bits per heavy atom. The highest BCUT2D eigenvalue weighted by Crippen LogP contribution is 2.43. The second kappa shape index (κ2) is 6.81. The molecule has 1 aromatic rings. The van der Waals surface area contributed by atoms with Gasteiger partial charge in [-0.3, -0.25) is 4.68 Å². The van der Waals surface area contributed by atoms with Gasteiger partial charge in [-0.2, -0.15) is 18.3 Å². The summed E-state index contributed by atoms with van der Waals surface area (Å²) in [5.74, 6) is -0.859. The summed E-state index contributed by atoms with van der Waals surface area (Å²) in [5.41, 5.74) is 1.08. The van der Waals surface area contributed by atoms with Crippen LogP contribution in [-0.2, 0) is 6.54 Å². The SMILES string of the molecule is CCCn1cc(C(NC)C2CCC(C(F)(F)F)CC2)cn1. The molecule has 6 heteroatoms. The summed E-state index contributed by atoms with van der Waals surface area (Å²) in [6, 6.07) is 0.102. The Morgan fingerprint density at radius 2 is 2.00 bits per heavy atom.